The second kappa shape index (κ2) is 8.41. The van der Waals surface area contributed by atoms with E-state index < -0.39 is 5.91 Å². The van der Waals surface area contributed by atoms with Crippen LogP contribution in [0.3, 0.4) is 0 Å². The van der Waals surface area contributed by atoms with E-state index in [0.717, 1.165) is 5.56 Å². The van der Waals surface area contributed by atoms with E-state index in [1.54, 1.807) is 0 Å². The molecule has 0 unspecified atom stereocenters. The second-order valence-corrected chi connectivity index (χ2v) is 7.05. The van der Waals surface area contributed by atoms with Crippen molar-refractivity contribution in [3.05, 3.63) is 63.6 Å². The maximum absolute atomic E-state index is 12.2. The van der Waals surface area contributed by atoms with Gasteiger partial charge in [-0.25, -0.2) is 5.43 Å². The molecule has 2 aromatic carbocycles. The van der Waals surface area contributed by atoms with Gasteiger partial charge in [0.1, 0.15) is 12.3 Å². The number of amides is 2. The fourth-order valence-corrected chi connectivity index (χ4v) is 3.45. The molecule has 0 radical (unpaired) electrons. The number of halogens is 2. The number of hydrogen-bond donors (Lipinski definition) is 2. The lowest BCUT2D eigenvalue weighted by Gasteiger charge is -2.15. The quantitative estimate of drug-likeness (QED) is 0.591. The molecule has 27 heavy (non-hydrogen) atoms. The highest BCUT2D eigenvalue weighted by molar-refractivity contribution is 6.36. The Bertz CT molecular complexity index is 887. The lowest BCUT2D eigenvalue weighted by Crippen LogP contribution is -2.36. The minimum atomic E-state index is -0.430. The van der Waals surface area contributed by atoms with Crippen LogP contribution in [0.2, 0.25) is 10.0 Å². The summed E-state index contributed by atoms with van der Waals surface area (Å²) in [5.41, 5.74) is 3.69. The summed E-state index contributed by atoms with van der Waals surface area (Å²) < 4.78 is 0. The Morgan fingerprint density at radius 3 is 2.78 bits per heavy atom. The van der Waals surface area contributed by atoms with Crippen molar-refractivity contribution < 1.29 is 14.7 Å². The molecule has 3 rings (SSSR count). The number of benzene rings is 2. The number of likely N-dealkylation sites (tertiary alicyclic amines) is 1. The van der Waals surface area contributed by atoms with E-state index in [-0.39, 0.29) is 34.7 Å². The predicted octanol–water partition coefficient (Wildman–Crippen LogP) is 3.17. The molecule has 1 aliphatic rings. The zero-order chi connectivity index (χ0) is 19.4. The summed E-state index contributed by atoms with van der Waals surface area (Å²) in [6.07, 6.45) is 1.62. The summed E-state index contributed by atoms with van der Waals surface area (Å²) >= 11 is 11.7. The molecule has 140 valence electrons. The number of phenolic OH excluding ortho intramolecular Hbond substituents is 1. The van der Waals surface area contributed by atoms with Crippen molar-refractivity contribution in [3.8, 4) is 5.75 Å². The highest BCUT2D eigenvalue weighted by Crippen LogP contribution is 2.30. The molecule has 1 fully saturated rings. The minimum absolute atomic E-state index is 0.0674. The highest BCUT2D eigenvalue weighted by Gasteiger charge is 2.31. The van der Waals surface area contributed by atoms with Gasteiger partial charge < -0.3 is 10.0 Å². The third-order valence-corrected chi connectivity index (χ3v) is 4.78. The Morgan fingerprint density at radius 1 is 1.30 bits per heavy atom. The minimum Gasteiger partial charge on any atom is -0.506 e. The second-order valence-electron chi connectivity index (χ2n) is 6.20. The monoisotopic (exact) mass is 405 g/mol. The van der Waals surface area contributed by atoms with Gasteiger partial charge in [0.25, 0.3) is 5.91 Å². The number of hydrazone groups is 1. The van der Waals surface area contributed by atoms with Crippen LogP contribution in [-0.4, -0.2) is 41.1 Å². The lowest BCUT2D eigenvalue weighted by molar-refractivity contribution is -0.133. The number of nitrogens with one attached hydrogen (secondary N) is 1. The molecular formula is C19H17Cl2N3O3. The summed E-state index contributed by atoms with van der Waals surface area (Å²) in [6, 6.07) is 12.6. The Hall–Kier alpha value is -2.57. The van der Waals surface area contributed by atoms with Crippen LogP contribution in [-0.2, 0) is 9.59 Å². The first-order valence-corrected chi connectivity index (χ1v) is 9.02. The van der Waals surface area contributed by atoms with Crippen molar-refractivity contribution in [1.29, 1.82) is 0 Å². The Morgan fingerprint density at radius 2 is 2.04 bits per heavy atom. The molecule has 0 aliphatic carbocycles. The van der Waals surface area contributed by atoms with Gasteiger partial charge in [0.2, 0.25) is 5.91 Å². The van der Waals surface area contributed by atoms with Crippen molar-refractivity contribution in [2.75, 3.05) is 13.1 Å². The summed E-state index contributed by atoms with van der Waals surface area (Å²) in [7, 11) is 0. The molecule has 1 saturated heterocycles. The van der Waals surface area contributed by atoms with Crippen LogP contribution in [0.25, 0.3) is 0 Å². The van der Waals surface area contributed by atoms with E-state index in [9.17, 15) is 14.7 Å². The number of nitrogens with zero attached hydrogens (tertiary/aromatic N) is 2. The summed E-state index contributed by atoms with van der Waals surface area (Å²) in [5, 5.41) is 14.1. The fraction of sp³-hybridized carbons (Fsp3) is 0.211. The van der Waals surface area contributed by atoms with Gasteiger partial charge in [0.15, 0.2) is 0 Å². The zero-order valence-corrected chi connectivity index (χ0v) is 15.7. The maximum atomic E-state index is 12.2. The first-order chi connectivity index (χ1) is 12.9. The Balaban J connectivity index is 1.56. The van der Waals surface area contributed by atoms with Gasteiger partial charge in [-0.15, -0.1) is 0 Å². The first-order valence-electron chi connectivity index (χ1n) is 8.26. The number of carbonyl (C=O) groups is 2. The van der Waals surface area contributed by atoms with Crippen LogP contribution in [0.5, 0.6) is 5.75 Å². The van der Waals surface area contributed by atoms with Crippen molar-refractivity contribution in [2.24, 2.45) is 5.10 Å². The van der Waals surface area contributed by atoms with Gasteiger partial charge in [-0.3, -0.25) is 9.59 Å². The molecule has 8 heteroatoms. The van der Waals surface area contributed by atoms with Crippen molar-refractivity contribution >= 4 is 41.2 Å². The van der Waals surface area contributed by atoms with E-state index in [1.165, 1.54) is 23.2 Å². The molecule has 1 atom stereocenters. The molecule has 1 aliphatic heterocycles. The van der Waals surface area contributed by atoms with Crippen LogP contribution in [0.15, 0.2) is 47.6 Å². The first kappa shape index (κ1) is 19.2. The largest absolute Gasteiger partial charge is 0.506 e. The van der Waals surface area contributed by atoms with Crippen LogP contribution >= 0.6 is 23.2 Å². The lowest BCUT2D eigenvalue weighted by atomic mass is 9.99. The number of phenols is 1. The number of rotatable bonds is 5. The van der Waals surface area contributed by atoms with E-state index in [4.69, 9.17) is 23.2 Å². The summed E-state index contributed by atoms with van der Waals surface area (Å²) in [4.78, 5) is 25.7. The van der Waals surface area contributed by atoms with Crippen LogP contribution in [0, 0.1) is 0 Å². The maximum Gasteiger partial charge on any atom is 0.259 e. The molecule has 0 bridgehead atoms. The molecule has 1 heterocycles. The third-order valence-electron chi connectivity index (χ3n) is 4.27. The standard InChI is InChI=1S/C19H17Cl2N3O3/c20-15-6-13(19(27)16(21)8-15)9-22-23-17(25)11-24-10-14(7-18(24)26)12-4-2-1-3-5-12/h1-6,8-9,14,27H,7,10-11H2,(H,23,25)/b22-9-/t14-/m0/s1. The van der Waals surface area contributed by atoms with E-state index in [1.807, 2.05) is 30.3 Å². The molecule has 2 N–H and O–H groups in total. The Kier molecular flexibility index (Phi) is 5.98. The average Bonchev–Trinajstić information content (AvgIpc) is 3.00. The molecule has 0 aromatic heterocycles. The van der Waals surface area contributed by atoms with Gasteiger partial charge in [-0.2, -0.15) is 5.10 Å². The molecule has 0 saturated carbocycles. The van der Waals surface area contributed by atoms with Crippen molar-refractivity contribution in [1.82, 2.24) is 10.3 Å². The normalized spacial score (nSPS) is 16.9. The summed E-state index contributed by atoms with van der Waals surface area (Å²) in [5.74, 6) is -0.594. The number of hydrogen-bond acceptors (Lipinski definition) is 4. The average molecular weight is 406 g/mol. The molecule has 2 aromatic rings. The van der Waals surface area contributed by atoms with Crippen LogP contribution in [0.4, 0.5) is 0 Å². The third kappa shape index (κ3) is 4.78. The van der Waals surface area contributed by atoms with E-state index in [0.29, 0.717) is 18.0 Å². The van der Waals surface area contributed by atoms with E-state index in [2.05, 4.69) is 10.5 Å². The molecule has 6 nitrogen and oxygen atoms in total. The molecule has 2 amide bonds. The van der Waals surface area contributed by atoms with Gasteiger partial charge in [-0.05, 0) is 17.7 Å². The van der Waals surface area contributed by atoms with Crippen LogP contribution < -0.4 is 5.43 Å². The van der Waals surface area contributed by atoms with Gasteiger partial charge >= 0.3 is 0 Å². The van der Waals surface area contributed by atoms with Gasteiger partial charge in [0.05, 0.1) is 11.2 Å². The number of aromatic hydroxyl groups is 1. The van der Waals surface area contributed by atoms with Gasteiger partial charge in [-0.1, -0.05) is 53.5 Å². The fourth-order valence-electron chi connectivity index (χ4n) is 2.94. The summed E-state index contributed by atoms with van der Waals surface area (Å²) in [6.45, 7) is 0.409. The number of carbonyl (C=O) groups excluding carboxylic acids is 2. The Labute approximate surface area is 166 Å². The SMILES string of the molecule is O=C(CN1C[C@@H](c2ccccc2)CC1=O)N/N=C\c1cc(Cl)cc(Cl)c1O. The topological polar surface area (TPSA) is 82.0 Å². The van der Waals surface area contributed by atoms with E-state index >= 15 is 0 Å². The van der Waals surface area contributed by atoms with Crippen molar-refractivity contribution in [2.45, 2.75) is 12.3 Å². The van der Waals surface area contributed by atoms with Crippen LogP contribution in [0.1, 0.15) is 23.5 Å². The predicted molar refractivity (Wildman–Crippen MR) is 104 cm³/mol. The van der Waals surface area contributed by atoms with Crippen molar-refractivity contribution in [3.63, 3.8) is 0 Å². The smallest absolute Gasteiger partial charge is 0.259 e. The molecular weight excluding hydrogens is 389 g/mol. The molecule has 0 spiro atoms. The zero-order valence-electron chi connectivity index (χ0n) is 14.2. The highest BCUT2D eigenvalue weighted by atomic mass is 35.5. The van der Waals surface area contributed by atoms with Gasteiger partial charge in [0, 0.05) is 29.5 Å².